The highest BCUT2D eigenvalue weighted by atomic mass is 79.9. The molecular formula is C17H18BrN3S. The van der Waals surface area contributed by atoms with Crippen LogP contribution in [-0.4, -0.2) is 10.8 Å². The van der Waals surface area contributed by atoms with Gasteiger partial charge in [0.25, 0.3) is 0 Å². The summed E-state index contributed by atoms with van der Waals surface area (Å²) in [6, 6.07) is 14.1. The fraction of sp³-hybridized carbons (Fsp3) is 0.176. The molecule has 5 heteroatoms. The van der Waals surface area contributed by atoms with E-state index in [4.69, 9.17) is 12.2 Å². The molecule has 0 unspecified atom stereocenters. The van der Waals surface area contributed by atoms with Gasteiger partial charge in [0.15, 0.2) is 5.11 Å². The Morgan fingerprint density at radius 2 is 1.77 bits per heavy atom. The average molecular weight is 376 g/mol. The molecule has 0 aliphatic heterocycles. The third-order valence-electron chi connectivity index (χ3n) is 3.44. The molecule has 0 aromatic heterocycles. The molecule has 22 heavy (non-hydrogen) atoms. The normalized spacial score (nSPS) is 11.2. The van der Waals surface area contributed by atoms with Crippen molar-refractivity contribution in [3.05, 3.63) is 63.6 Å². The van der Waals surface area contributed by atoms with Crippen LogP contribution in [0.1, 0.15) is 23.6 Å². The SMILES string of the molecule is CC(=NNC(=S)Nc1cccc(C)c1C)c1ccc(Br)cc1. The molecule has 0 fully saturated rings. The Kier molecular flexibility index (Phi) is 5.69. The smallest absolute Gasteiger partial charge is 0.191 e. The van der Waals surface area contributed by atoms with Crippen molar-refractivity contribution >= 4 is 44.7 Å². The fourth-order valence-corrected chi connectivity index (χ4v) is 2.35. The van der Waals surface area contributed by atoms with Gasteiger partial charge < -0.3 is 5.32 Å². The summed E-state index contributed by atoms with van der Waals surface area (Å²) in [4.78, 5) is 0. The van der Waals surface area contributed by atoms with Crippen LogP contribution < -0.4 is 10.7 Å². The number of hydrogen-bond acceptors (Lipinski definition) is 2. The molecule has 0 aliphatic rings. The van der Waals surface area contributed by atoms with Crippen LogP contribution in [0.2, 0.25) is 0 Å². The van der Waals surface area contributed by atoms with Gasteiger partial charge in [-0.1, -0.05) is 40.2 Å². The zero-order valence-electron chi connectivity index (χ0n) is 12.8. The minimum atomic E-state index is 0.477. The number of rotatable bonds is 3. The average Bonchev–Trinajstić information content (AvgIpc) is 2.50. The highest BCUT2D eigenvalue weighted by Gasteiger charge is 2.03. The van der Waals surface area contributed by atoms with E-state index < -0.39 is 0 Å². The number of halogens is 1. The van der Waals surface area contributed by atoms with E-state index in [0.717, 1.165) is 21.4 Å². The van der Waals surface area contributed by atoms with Crippen molar-refractivity contribution in [2.24, 2.45) is 5.10 Å². The van der Waals surface area contributed by atoms with E-state index in [2.05, 4.69) is 51.7 Å². The number of hydrogen-bond donors (Lipinski definition) is 2. The quantitative estimate of drug-likeness (QED) is 0.460. The first-order valence-electron chi connectivity index (χ1n) is 6.91. The first-order chi connectivity index (χ1) is 10.5. The summed E-state index contributed by atoms with van der Waals surface area (Å²) in [5.74, 6) is 0. The summed E-state index contributed by atoms with van der Waals surface area (Å²) in [6.07, 6.45) is 0. The standard InChI is InChI=1S/C17H18BrN3S/c1-11-5-4-6-16(12(11)2)19-17(22)21-20-13(3)14-7-9-15(18)10-8-14/h4-10H,1-3H3,(H2,19,21,22). The van der Waals surface area contributed by atoms with Crippen LogP contribution in [0.3, 0.4) is 0 Å². The lowest BCUT2D eigenvalue weighted by atomic mass is 10.1. The van der Waals surface area contributed by atoms with E-state index in [1.165, 1.54) is 11.1 Å². The summed E-state index contributed by atoms with van der Waals surface area (Å²) >= 11 is 8.71. The minimum absolute atomic E-state index is 0.477. The second-order valence-corrected chi connectivity index (χ2v) is 6.34. The zero-order valence-corrected chi connectivity index (χ0v) is 15.2. The number of nitrogens with one attached hydrogen (secondary N) is 2. The van der Waals surface area contributed by atoms with Crippen molar-refractivity contribution < 1.29 is 0 Å². The predicted octanol–water partition coefficient (Wildman–Crippen LogP) is 4.78. The van der Waals surface area contributed by atoms with E-state index >= 15 is 0 Å². The van der Waals surface area contributed by atoms with Crippen molar-refractivity contribution in [1.82, 2.24) is 5.43 Å². The van der Waals surface area contributed by atoms with E-state index in [1.807, 2.05) is 43.3 Å². The Morgan fingerprint density at radius 1 is 1.09 bits per heavy atom. The number of nitrogens with zero attached hydrogens (tertiary/aromatic N) is 1. The number of benzene rings is 2. The summed E-state index contributed by atoms with van der Waals surface area (Å²) in [7, 11) is 0. The van der Waals surface area contributed by atoms with E-state index in [-0.39, 0.29) is 0 Å². The summed E-state index contributed by atoms with van der Waals surface area (Å²) in [5.41, 5.74) is 8.21. The maximum Gasteiger partial charge on any atom is 0.191 e. The van der Waals surface area contributed by atoms with Crippen LogP contribution >= 0.6 is 28.1 Å². The van der Waals surface area contributed by atoms with Crippen LogP contribution in [0.15, 0.2) is 52.0 Å². The van der Waals surface area contributed by atoms with Crippen molar-refractivity contribution in [2.45, 2.75) is 20.8 Å². The van der Waals surface area contributed by atoms with Crippen LogP contribution in [0.4, 0.5) is 5.69 Å². The zero-order chi connectivity index (χ0) is 16.1. The van der Waals surface area contributed by atoms with E-state index in [1.54, 1.807) is 0 Å². The molecule has 2 aromatic rings. The maximum atomic E-state index is 5.29. The van der Waals surface area contributed by atoms with Gasteiger partial charge in [-0.2, -0.15) is 5.10 Å². The lowest BCUT2D eigenvalue weighted by Gasteiger charge is -2.12. The van der Waals surface area contributed by atoms with Crippen LogP contribution in [0.5, 0.6) is 0 Å². The molecule has 0 aliphatic carbocycles. The fourth-order valence-electron chi connectivity index (χ4n) is 1.93. The van der Waals surface area contributed by atoms with Crippen molar-refractivity contribution in [1.29, 1.82) is 0 Å². The van der Waals surface area contributed by atoms with Gasteiger partial charge in [0.05, 0.1) is 5.71 Å². The minimum Gasteiger partial charge on any atom is -0.331 e. The van der Waals surface area contributed by atoms with Gasteiger partial charge in [-0.15, -0.1) is 0 Å². The van der Waals surface area contributed by atoms with Gasteiger partial charge in [-0.25, -0.2) is 0 Å². The van der Waals surface area contributed by atoms with Gasteiger partial charge in [-0.05, 0) is 67.9 Å². The number of hydrazone groups is 1. The van der Waals surface area contributed by atoms with Gasteiger partial charge >= 0.3 is 0 Å². The molecule has 2 rings (SSSR count). The molecule has 0 radical (unpaired) electrons. The number of aryl methyl sites for hydroxylation is 1. The highest BCUT2D eigenvalue weighted by Crippen LogP contribution is 2.17. The second-order valence-electron chi connectivity index (χ2n) is 5.02. The van der Waals surface area contributed by atoms with Crippen LogP contribution in [0, 0.1) is 13.8 Å². The van der Waals surface area contributed by atoms with Crippen LogP contribution in [0.25, 0.3) is 0 Å². The molecule has 0 heterocycles. The Bertz CT molecular complexity index is 708. The molecule has 0 spiro atoms. The molecule has 0 saturated heterocycles. The maximum absolute atomic E-state index is 5.29. The molecule has 114 valence electrons. The molecular weight excluding hydrogens is 358 g/mol. The van der Waals surface area contributed by atoms with Gasteiger partial charge in [-0.3, -0.25) is 5.43 Å². The third kappa shape index (κ3) is 4.39. The Morgan fingerprint density at radius 3 is 2.45 bits per heavy atom. The van der Waals surface area contributed by atoms with Crippen molar-refractivity contribution in [3.63, 3.8) is 0 Å². The first-order valence-corrected chi connectivity index (χ1v) is 8.11. The second kappa shape index (κ2) is 7.51. The van der Waals surface area contributed by atoms with Gasteiger partial charge in [0.1, 0.15) is 0 Å². The molecule has 0 saturated carbocycles. The lowest BCUT2D eigenvalue weighted by molar-refractivity contribution is 1.04. The molecule has 0 amide bonds. The molecule has 2 N–H and O–H groups in total. The Hall–Kier alpha value is -1.72. The first kappa shape index (κ1) is 16.6. The summed E-state index contributed by atoms with van der Waals surface area (Å²) < 4.78 is 1.05. The Labute approximate surface area is 145 Å². The monoisotopic (exact) mass is 375 g/mol. The van der Waals surface area contributed by atoms with Gasteiger partial charge in [0.2, 0.25) is 0 Å². The van der Waals surface area contributed by atoms with Crippen molar-refractivity contribution in [3.8, 4) is 0 Å². The summed E-state index contributed by atoms with van der Waals surface area (Å²) in [6.45, 7) is 6.08. The van der Waals surface area contributed by atoms with Crippen molar-refractivity contribution in [2.75, 3.05) is 5.32 Å². The van der Waals surface area contributed by atoms with Gasteiger partial charge in [0, 0.05) is 10.2 Å². The largest absolute Gasteiger partial charge is 0.331 e. The molecule has 0 bridgehead atoms. The molecule has 3 nitrogen and oxygen atoms in total. The number of anilines is 1. The molecule has 2 aromatic carbocycles. The van der Waals surface area contributed by atoms with E-state index in [0.29, 0.717) is 5.11 Å². The summed E-state index contributed by atoms with van der Waals surface area (Å²) in [5, 5.41) is 7.97. The van der Waals surface area contributed by atoms with E-state index in [9.17, 15) is 0 Å². The lowest BCUT2D eigenvalue weighted by Crippen LogP contribution is -2.25. The third-order valence-corrected chi connectivity index (χ3v) is 4.16. The number of thiocarbonyl (C=S) groups is 1. The highest BCUT2D eigenvalue weighted by molar-refractivity contribution is 9.10. The van der Waals surface area contributed by atoms with Crippen LogP contribution in [-0.2, 0) is 0 Å². The topological polar surface area (TPSA) is 36.4 Å². The predicted molar refractivity (Wildman–Crippen MR) is 102 cm³/mol. The Balaban J connectivity index is 2.01. The molecule has 0 atom stereocenters.